The highest BCUT2D eigenvalue weighted by atomic mass is 16.5. The summed E-state index contributed by atoms with van der Waals surface area (Å²) >= 11 is 0. The molecule has 2 rings (SSSR count). The van der Waals surface area contributed by atoms with Gasteiger partial charge in [-0.25, -0.2) is 0 Å². The summed E-state index contributed by atoms with van der Waals surface area (Å²) in [6.45, 7) is 4.29. The monoisotopic (exact) mass is 277 g/mol. The van der Waals surface area contributed by atoms with Gasteiger partial charge in [0.05, 0.1) is 13.7 Å². The Hall–Kier alpha value is -1.59. The SMILES string of the molecule is COc1ccc(NC(=O)CN2CCC(C)C(N)C2)cc1. The summed E-state index contributed by atoms with van der Waals surface area (Å²) in [7, 11) is 1.62. The van der Waals surface area contributed by atoms with E-state index in [0.717, 1.165) is 30.9 Å². The van der Waals surface area contributed by atoms with E-state index in [1.807, 2.05) is 24.3 Å². The zero-order chi connectivity index (χ0) is 14.5. The predicted molar refractivity (Wildman–Crippen MR) is 79.8 cm³/mol. The van der Waals surface area contributed by atoms with Crippen molar-refractivity contribution < 1.29 is 9.53 Å². The molecule has 2 atom stereocenters. The van der Waals surface area contributed by atoms with Crippen LogP contribution >= 0.6 is 0 Å². The lowest BCUT2D eigenvalue weighted by Crippen LogP contribution is -2.49. The number of ether oxygens (including phenoxy) is 1. The summed E-state index contributed by atoms with van der Waals surface area (Å²) in [5.74, 6) is 1.31. The lowest BCUT2D eigenvalue weighted by atomic mass is 9.94. The van der Waals surface area contributed by atoms with Gasteiger partial charge in [-0.2, -0.15) is 0 Å². The molecule has 5 nitrogen and oxygen atoms in total. The topological polar surface area (TPSA) is 67.6 Å². The molecule has 0 saturated carbocycles. The Morgan fingerprint density at radius 1 is 1.45 bits per heavy atom. The lowest BCUT2D eigenvalue weighted by molar-refractivity contribution is -0.117. The van der Waals surface area contributed by atoms with E-state index in [1.54, 1.807) is 7.11 Å². The van der Waals surface area contributed by atoms with Crippen molar-refractivity contribution in [1.82, 2.24) is 4.90 Å². The van der Waals surface area contributed by atoms with Crippen LogP contribution in [0.4, 0.5) is 5.69 Å². The van der Waals surface area contributed by atoms with Crippen molar-refractivity contribution >= 4 is 11.6 Å². The van der Waals surface area contributed by atoms with Gasteiger partial charge in [0.15, 0.2) is 0 Å². The molecule has 1 heterocycles. The molecule has 2 unspecified atom stereocenters. The number of hydrogen-bond acceptors (Lipinski definition) is 4. The number of methoxy groups -OCH3 is 1. The number of anilines is 1. The third kappa shape index (κ3) is 3.95. The Kier molecular flexibility index (Phi) is 4.98. The number of piperidine rings is 1. The third-order valence-corrected chi connectivity index (χ3v) is 3.84. The number of hydrogen-bond donors (Lipinski definition) is 2. The molecule has 1 fully saturated rings. The summed E-state index contributed by atoms with van der Waals surface area (Å²) in [6.07, 6.45) is 1.05. The molecule has 1 amide bonds. The van der Waals surface area contributed by atoms with Gasteiger partial charge in [-0.05, 0) is 43.1 Å². The minimum absolute atomic E-state index is 0.00285. The highest BCUT2D eigenvalue weighted by Crippen LogP contribution is 2.17. The van der Waals surface area contributed by atoms with Crippen molar-refractivity contribution in [2.24, 2.45) is 11.7 Å². The molecule has 0 bridgehead atoms. The van der Waals surface area contributed by atoms with Crippen LogP contribution in [0.5, 0.6) is 5.75 Å². The van der Waals surface area contributed by atoms with E-state index in [-0.39, 0.29) is 11.9 Å². The van der Waals surface area contributed by atoms with Crippen LogP contribution in [0.2, 0.25) is 0 Å². The maximum Gasteiger partial charge on any atom is 0.238 e. The average molecular weight is 277 g/mol. The average Bonchev–Trinajstić information content (AvgIpc) is 2.44. The first-order chi connectivity index (χ1) is 9.58. The third-order valence-electron chi connectivity index (χ3n) is 3.84. The van der Waals surface area contributed by atoms with E-state index in [0.29, 0.717) is 12.5 Å². The van der Waals surface area contributed by atoms with Crippen LogP contribution in [0.15, 0.2) is 24.3 Å². The van der Waals surface area contributed by atoms with Crippen LogP contribution < -0.4 is 15.8 Å². The maximum atomic E-state index is 12.0. The highest BCUT2D eigenvalue weighted by Gasteiger charge is 2.24. The van der Waals surface area contributed by atoms with E-state index in [4.69, 9.17) is 10.5 Å². The Balaban J connectivity index is 1.82. The Morgan fingerprint density at radius 2 is 2.15 bits per heavy atom. The van der Waals surface area contributed by atoms with Gasteiger partial charge in [-0.1, -0.05) is 6.92 Å². The summed E-state index contributed by atoms with van der Waals surface area (Å²) in [6, 6.07) is 7.49. The zero-order valence-electron chi connectivity index (χ0n) is 12.1. The second-order valence-electron chi connectivity index (χ2n) is 5.44. The van der Waals surface area contributed by atoms with Gasteiger partial charge in [0.1, 0.15) is 5.75 Å². The molecule has 110 valence electrons. The molecule has 3 N–H and O–H groups in total. The Morgan fingerprint density at radius 3 is 2.75 bits per heavy atom. The number of carbonyl (C=O) groups is 1. The first kappa shape index (κ1) is 14.8. The van der Waals surface area contributed by atoms with Crippen LogP contribution in [-0.2, 0) is 4.79 Å². The molecule has 0 aromatic heterocycles. The summed E-state index contributed by atoms with van der Waals surface area (Å²) in [5.41, 5.74) is 6.82. The van der Waals surface area contributed by atoms with Gasteiger partial charge in [-0.3, -0.25) is 9.69 Å². The number of benzene rings is 1. The second-order valence-corrected chi connectivity index (χ2v) is 5.44. The van der Waals surface area contributed by atoms with Gasteiger partial charge in [0.2, 0.25) is 5.91 Å². The molecule has 5 heteroatoms. The second kappa shape index (κ2) is 6.72. The van der Waals surface area contributed by atoms with Crippen molar-refractivity contribution in [2.75, 3.05) is 32.1 Å². The number of likely N-dealkylation sites (tertiary alicyclic amines) is 1. The standard InChI is InChI=1S/C15H23N3O2/c1-11-7-8-18(9-14(11)16)10-15(19)17-12-3-5-13(20-2)6-4-12/h3-6,11,14H,7-10,16H2,1-2H3,(H,17,19). The van der Waals surface area contributed by atoms with E-state index in [2.05, 4.69) is 17.1 Å². The molecule has 20 heavy (non-hydrogen) atoms. The molecule has 1 aromatic carbocycles. The van der Waals surface area contributed by atoms with Crippen LogP contribution in [0.3, 0.4) is 0 Å². The quantitative estimate of drug-likeness (QED) is 0.870. The van der Waals surface area contributed by atoms with Gasteiger partial charge in [0.25, 0.3) is 0 Å². The lowest BCUT2D eigenvalue weighted by Gasteiger charge is -2.34. The van der Waals surface area contributed by atoms with Gasteiger partial charge in [-0.15, -0.1) is 0 Å². The van der Waals surface area contributed by atoms with Crippen molar-refractivity contribution in [3.63, 3.8) is 0 Å². The number of amides is 1. The van der Waals surface area contributed by atoms with Crippen LogP contribution in [0.1, 0.15) is 13.3 Å². The van der Waals surface area contributed by atoms with Gasteiger partial charge in [0, 0.05) is 18.3 Å². The largest absolute Gasteiger partial charge is 0.497 e. The van der Waals surface area contributed by atoms with Crippen molar-refractivity contribution in [3.05, 3.63) is 24.3 Å². The smallest absolute Gasteiger partial charge is 0.238 e. The molecule has 0 spiro atoms. The van der Waals surface area contributed by atoms with Crippen LogP contribution in [0, 0.1) is 5.92 Å². The molecule has 1 saturated heterocycles. The van der Waals surface area contributed by atoms with E-state index in [1.165, 1.54) is 0 Å². The van der Waals surface area contributed by atoms with E-state index < -0.39 is 0 Å². The highest BCUT2D eigenvalue weighted by molar-refractivity contribution is 5.92. The van der Waals surface area contributed by atoms with Crippen LogP contribution in [-0.4, -0.2) is 43.6 Å². The molecular formula is C15H23N3O2. The summed E-state index contributed by atoms with van der Waals surface area (Å²) in [4.78, 5) is 14.1. The molecule has 1 aliphatic heterocycles. The Bertz CT molecular complexity index is 447. The van der Waals surface area contributed by atoms with E-state index >= 15 is 0 Å². The van der Waals surface area contributed by atoms with E-state index in [9.17, 15) is 4.79 Å². The van der Waals surface area contributed by atoms with Crippen molar-refractivity contribution in [3.8, 4) is 5.75 Å². The molecular weight excluding hydrogens is 254 g/mol. The zero-order valence-corrected chi connectivity index (χ0v) is 12.1. The number of nitrogens with one attached hydrogen (secondary N) is 1. The fourth-order valence-corrected chi connectivity index (χ4v) is 2.39. The molecule has 1 aromatic rings. The first-order valence-electron chi connectivity index (χ1n) is 7.00. The first-order valence-corrected chi connectivity index (χ1v) is 7.00. The van der Waals surface area contributed by atoms with Gasteiger partial charge >= 0.3 is 0 Å². The number of rotatable bonds is 4. The molecule has 1 aliphatic rings. The normalized spacial score (nSPS) is 23.4. The van der Waals surface area contributed by atoms with Crippen molar-refractivity contribution in [1.29, 1.82) is 0 Å². The summed E-state index contributed by atoms with van der Waals surface area (Å²) in [5, 5.41) is 2.89. The Labute approximate surface area is 120 Å². The minimum Gasteiger partial charge on any atom is -0.497 e. The maximum absolute atomic E-state index is 12.0. The number of nitrogens with two attached hydrogens (primary N) is 1. The van der Waals surface area contributed by atoms with Gasteiger partial charge < -0.3 is 15.8 Å². The number of nitrogens with zero attached hydrogens (tertiary/aromatic N) is 1. The fourth-order valence-electron chi connectivity index (χ4n) is 2.39. The number of carbonyl (C=O) groups excluding carboxylic acids is 1. The predicted octanol–water partition coefficient (Wildman–Crippen LogP) is 1.30. The molecule has 0 radical (unpaired) electrons. The fraction of sp³-hybridized carbons (Fsp3) is 0.533. The minimum atomic E-state index is -0.00285. The van der Waals surface area contributed by atoms with Crippen LogP contribution in [0.25, 0.3) is 0 Å². The molecule has 0 aliphatic carbocycles. The summed E-state index contributed by atoms with van der Waals surface area (Å²) < 4.78 is 5.08. The van der Waals surface area contributed by atoms with Crippen molar-refractivity contribution in [2.45, 2.75) is 19.4 Å².